The highest BCUT2D eigenvalue weighted by atomic mass is 35.5. The van der Waals surface area contributed by atoms with Crippen LogP contribution in [0.4, 0.5) is 0 Å². The minimum absolute atomic E-state index is 0.0434. The van der Waals surface area contributed by atoms with Crippen LogP contribution in [0.2, 0.25) is 5.02 Å². The standard InChI is InChI=1S/C13H11ClN2O3S/c1-18-8-3-5-9(6-4-8)19-12(17)11-10(14)7-15-13(16-11)20-2/h3-7H,1-2H3. The van der Waals surface area contributed by atoms with Gasteiger partial charge in [0.05, 0.1) is 18.3 Å². The van der Waals surface area contributed by atoms with E-state index < -0.39 is 5.97 Å². The van der Waals surface area contributed by atoms with E-state index in [1.807, 2.05) is 6.26 Å². The highest BCUT2D eigenvalue weighted by Gasteiger charge is 2.16. The molecule has 20 heavy (non-hydrogen) atoms. The fraction of sp³-hybridized carbons (Fsp3) is 0.154. The van der Waals surface area contributed by atoms with Crippen molar-refractivity contribution in [1.29, 1.82) is 0 Å². The van der Waals surface area contributed by atoms with Crippen molar-refractivity contribution in [3.05, 3.63) is 41.2 Å². The normalized spacial score (nSPS) is 10.2. The van der Waals surface area contributed by atoms with Gasteiger partial charge in [-0.1, -0.05) is 23.4 Å². The van der Waals surface area contributed by atoms with Crippen LogP contribution in [-0.4, -0.2) is 29.3 Å². The number of methoxy groups -OCH3 is 1. The van der Waals surface area contributed by atoms with Crippen molar-refractivity contribution in [1.82, 2.24) is 9.97 Å². The van der Waals surface area contributed by atoms with Crippen LogP contribution in [0.5, 0.6) is 11.5 Å². The van der Waals surface area contributed by atoms with E-state index in [9.17, 15) is 4.79 Å². The Morgan fingerprint density at radius 2 is 1.90 bits per heavy atom. The largest absolute Gasteiger partial charge is 0.497 e. The minimum Gasteiger partial charge on any atom is -0.497 e. The molecular weight excluding hydrogens is 300 g/mol. The highest BCUT2D eigenvalue weighted by Crippen LogP contribution is 2.21. The van der Waals surface area contributed by atoms with Gasteiger partial charge < -0.3 is 9.47 Å². The predicted octanol–water partition coefficient (Wildman–Crippen LogP) is 3.08. The first-order chi connectivity index (χ1) is 9.63. The second-order valence-corrected chi connectivity index (χ2v) is 4.80. The average molecular weight is 311 g/mol. The van der Waals surface area contributed by atoms with Crippen LogP contribution < -0.4 is 9.47 Å². The monoisotopic (exact) mass is 310 g/mol. The second kappa shape index (κ2) is 6.58. The van der Waals surface area contributed by atoms with Crippen molar-refractivity contribution in [3.8, 4) is 11.5 Å². The number of halogens is 1. The summed E-state index contributed by atoms with van der Waals surface area (Å²) in [5.74, 6) is 0.434. The van der Waals surface area contributed by atoms with Gasteiger partial charge in [-0.3, -0.25) is 0 Å². The molecule has 0 aliphatic carbocycles. The van der Waals surface area contributed by atoms with E-state index in [1.165, 1.54) is 18.0 Å². The Morgan fingerprint density at radius 1 is 1.25 bits per heavy atom. The Balaban J connectivity index is 2.18. The number of carbonyl (C=O) groups excluding carboxylic acids is 1. The highest BCUT2D eigenvalue weighted by molar-refractivity contribution is 7.98. The molecule has 0 amide bonds. The number of hydrogen-bond acceptors (Lipinski definition) is 6. The van der Waals surface area contributed by atoms with E-state index in [0.717, 1.165) is 0 Å². The van der Waals surface area contributed by atoms with Crippen LogP contribution in [0.1, 0.15) is 10.5 Å². The summed E-state index contributed by atoms with van der Waals surface area (Å²) >= 11 is 7.22. The summed E-state index contributed by atoms with van der Waals surface area (Å²) in [7, 11) is 1.56. The molecule has 0 bridgehead atoms. The molecule has 104 valence electrons. The molecule has 0 fully saturated rings. The van der Waals surface area contributed by atoms with Crippen LogP contribution in [-0.2, 0) is 0 Å². The lowest BCUT2D eigenvalue weighted by Crippen LogP contribution is -2.12. The topological polar surface area (TPSA) is 61.3 Å². The predicted molar refractivity (Wildman–Crippen MR) is 76.8 cm³/mol. The Kier molecular flexibility index (Phi) is 4.81. The maximum atomic E-state index is 12.0. The Labute approximate surface area is 125 Å². The number of aromatic nitrogens is 2. The number of carbonyl (C=O) groups is 1. The Morgan fingerprint density at radius 3 is 2.50 bits per heavy atom. The first-order valence-electron chi connectivity index (χ1n) is 5.57. The lowest BCUT2D eigenvalue weighted by molar-refractivity contribution is 0.0727. The van der Waals surface area contributed by atoms with Crippen molar-refractivity contribution in [2.75, 3.05) is 13.4 Å². The van der Waals surface area contributed by atoms with Gasteiger partial charge in [-0.05, 0) is 30.5 Å². The minimum atomic E-state index is -0.627. The Hall–Kier alpha value is -1.79. The number of esters is 1. The first kappa shape index (κ1) is 14.6. The van der Waals surface area contributed by atoms with Gasteiger partial charge in [0.15, 0.2) is 10.9 Å². The molecule has 0 aliphatic heterocycles. The molecule has 1 heterocycles. The van der Waals surface area contributed by atoms with E-state index >= 15 is 0 Å². The number of nitrogens with zero attached hydrogens (tertiary/aromatic N) is 2. The van der Waals surface area contributed by atoms with Gasteiger partial charge in [0, 0.05) is 0 Å². The third kappa shape index (κ3) is 3.40. The molecule has 2 aromatic rings. The Bertz CT molecular complexity index is 620. The van der Waals surface area contributed by atoms with Gasteiger partial charge in [-0.15, -0.1) is 0 Å². The van der Waals surface area contributed by atoms with E-state index in [-0.39, 0.29) is 10.7 Å². The van der Waals surface area contributed by atoms with Crippen molar-refractivity contribution in [2.45, 2.75) is 5.16 Å². The fourth-order valence-corrected chi connectivity index (χ4v) is 1.90. The first-order valence-corrected chi connectivity index (χ1v) is 7.17. The maximum absolute atomic E-state index is 12.0. The van der Waals surface area contributed by atoms with Gasteiger partial charge >= 0.3 is 5.97 Å². The molecule has 2 rings (SSSR count). The van der Waals surface area contributed by atoms with Gasteiger partial charge in [0.2, 0.25) is 0 Å². The number of ether oxygens (including phenoxy) is 2. The molecule has 7 heteroatoms. The molecule has 1 aromatic carbocycles. The summed E-state index contributed by atoms with van der Waals surface area (Å²) in [6, 6.07) is 6.64. The summed E-state index contributed by atoms with van der Waals surface area (Å²) in [5, 5.41) is 0.609. The number of hydrogen-bond donors (Lipinski definition) is 0. The molecule has 5 nitrogen and oxygen atoms in total. The van der Waals surface area contributed by atoms with Crippen LogP contribution >= 0.6 is 23.4 Å². The lowest BCUT2D eigenvalue weighted by Gasteiger charge is -2.06. The third-order valence-electron chi connectivity index (χ3n) is 2.37. The lowest BCUT2D eigenvalue weighted by atomic mass is 10.3. The van der Waals surface area contributed by atoms with Crippen molar-refractivity contribution < 1.29 is 14.3 Å². The maximum Gasteiger partial charge on any atom is 0.364 e. The van der Waals surface area contributed by atoms with Crippen LogP contribution in [0.3, 0.4) is 0 Å². The zero-order valence-electron chi connectivity index (χ0n) is 10.8. The summed E-state index contributed by atoms with van der Waals surface area (Å²) in [4.78, 5) is 20.0. The number of rotatable bonds is 4. The molecule has 1 aromatic heterocycles. The molecule has 0 saturated carbocycles. The van der Waals surface area contributed by atoms with Crippen LogP contribution in [0.15, 0.2) is 35.6 Å². The van der Waals surface area contributed by atoms with Gasteiger partial charge in [0.1, 0.15) is 11.5 Å². The SMILES string of the molecule is COc1ccc(OC(=O)c2nc(SC)ncc2Cl)cc1. The zero-order valence-corrected chi connectivity index (χ0v) is 12.4. The number of benzene rings is 1. The molecule has 0 saturated heterocycles. The van der Waals surface area contributed by atoms with E-state index in [1.54, 1.807) is 31.4 Å². The second-order valence-electron chi connectivity index (χ2n) is 3.62. The van der Waals surface area contributed by atoms with E-state index in [2.05, 4.69) is 9.97 Å². The molecule has 0 N–H and O–H groups in total. The number of thioether (sulfide) groups is 1. The quantitative estimate of drug-likeness (QED) is 0.374. The molecular formula is C13H11ClN2O3S. The zero-order chi connectivity index (χ0) is 14.5. The third-order valence-corrected chi connectivity index (χ3v) is 3.21. The van der Waals surface area contributed by atoms with Gasteiger partial charge in [-0.25, -0.2) is 14.8 Å². The van der Waals surface area contributed by atoms with Crippen LogP contribution in [0, 0.1) is 0 Å². The van der Waals surface area contributed by atoms with Crippen molar-refractivity contribution in [2.24, 2.45) is 0 Å². The fourth-order valence-electron chi connectivity index (χ4n) is 1.39. The smallest absolute Gasteiger partial charge is 0.364 e. The van der Waals surface area contributed by atoms with Crippen LogP contribution in [0.25, 0.3) is 0 Å². The van der Waals surface area contributed by atoms with Crippen molar-refractivity contribution >= 4 is 29.3 Å². The van der Waals surface area contributed by atoms with Gasteiger partial charge in [0.25, 0.3) is 0 Å². The summed E-state index contributed by atoms with van der Waals surface area (Å²) in [6.07, 6.45) is 3.19. The summed E-state index contributed by atoms with van der Waals surface area (Å²) < 4.78 is 10.2. The van der Waals surface area contributed by atoms with Crippen molar-refractivity contribution in [3.63, 3.8) is 0 Å². The molecule has 0 aliphatic rings. The van der Waals surface area contributed by atoms with Gasteiger partial charge in [-0.2, -0.15) is 0 Å². The molecule has 0 radical (unpaired) electrons. The summed E-state index contributed by atoms with van der Waals surface area (Å²) in [5.41, 5.74) is 0.0434. The summed E-state index contributed by atoms with van der Waals surface area (Å²) in [6.45, 7) is 0. The molecule has 0 atom stereocenters. The van der Waals surface area contributed by atoms with E-state index in [4.69, 9.17) is 21.1 Å². The molecule has 0 spiro atoms. The average Bonchev–Trinajstić information content (AvgIpc) is 2.48. The van der Waals surface area contributed by atoms with E-state index in [0.29, 0.717) is 16.7 Å². The molecule has 0 unspecified atom stereocenters.